The molecule has 0 unspecified atom stereocenters. The van der Waals surface area contributed by atoms with Crippen LogP contribution in [0.5, 0.6) is 0 Å². The predicted octanol–water partition coefficient (Wildman–Crippen LogP) is 3.57. The molecule has 0 saturated carbocycles. The molecule has 0 atom stereocenters. The topological polar surface area (TPSA) is 80.4 Å². The average molecular weight is 287 g/mol. The molecule has 0 heterocycles. The maximum atomic E-state index is 13.4. The Hall–Kier alpha value is -1.63. The van der Waals surface area contributed by atoms with E-state index in [4.69, 9.17) is 5.11 Å². The minimum absolute atomic E-state index is 0.185. The summed E-state index contributed by atoms with van der Waals surface area (Å²) in [7, 11) is 0. The van der Waals surface area contributed by atoms with Crippen molar-refractivity contribution >= 4 is 23.4 Å². The second kappa shape index (κ2) is 6.51. The van der Waals surface area contributed by atoms with Crippen LogP contribution in [0.25, 0.3) is 0 Å². The van der Waals surface area contributed by atoms with E-state index >= 15 is 0 Å². The number of carboxylic acids is 1. The second-order valence-corrected chi connectivity index (χ2v) is 5.53. The number of nitro groups is 1. The minimum Gasteiger partial charge on any atom is -0.478 e. The van der Waals surface area contributed by atoms with Crippen molar-refractivity contribution in [3.05, 3.63) is 33.6 Å². The van der Waals surface area contributed by atoms with E-state index < -0.39 is 28.0 Å². The first-order valence-corrected chi connectivity index (χ1v) is 6.65. The van der Waals surface area contributed by atoms with Crippen molar-refractivity contribution in [3.63, 3.8) is 0 Å². The minimum atomic E-state index is -1.43. The van der Waals surface area contributed by atoms with Gasteiger partial charge in [-0.2, -0.15) is 0 Å². The van der Waals surface area contributed by atoms with E-state index in [1.807, 2.05) is 13.8 Å². The largest absolute Gasteiger partial charge is 0.478 e. The molecule has 5 nitrogen and oxygen atoms in total. The van der Waals surface area contributed by atoms with Crippen LogP contribution in [0.4, 0.5) is 10.1 Å². The smallest absolute Gasteiger partial charge is 0.338 e. The first-order chi connectivity index (χ1) is 8.82. The number of carboxylic acid groups (broad SMARTS) is 1. The van der Waals surface area contributed by atoms with Gasteiger partial charge in [0.2, 0.25) is 0 Å². The van der Waals surface area contributed by atoms with Gasteiger partial charge in [-0.1, -0.05) is 13.8 Å². The monoisotopic (exact) mass is 287 g/mol. The standard InChI is InChI=1S/C12H14FNO4S/c1-7(2)3-4-19-11-5-8(12(15)16)9(13)6-10(11)14(17)18/h5-7H,3-4H2,1-2H3,(H,15,16). The van der Waals surface area contributed by atoms with Crippen LogP contribution in [-0.4, -0.2) is 21.8 Å². The summed E-state index contributed by atoms with van der Waals surface area (Å²) < 4.78 is 13.4. The van der Waals surface area contributed by atoms with Crippen LogP contribution in [0.3, 0.4) is 0 Å². The summed E-state index contributed by atoms with van der Waals surface area (Å²) in [6.45, 7) is 4.03. The third-order valence-corrected chi connectivity index (χ3v) is 3.51. The summed E-state index contributed by atoms with van der Waals surface area (Å²) in [5.74, 6) is -1.47. The summed E-state index contributed by atoms with van der Waals surface area (Å²) >= 11 is 1.17. The van der Waals surface area contributed by atoms with Crippen molar-refractivity contribution in [3.8, 4) is 0 Å². The van der Waals surface area contributed by atoms with Crippen molar-refractivity contribution in [2.75, 3.05) is 5.75 Å². The molecule has 1 aromatic carbocycles. The molecule has 104 valence electrons. The molecule has 0 fully saturated rings. The van der Waals surface area contributed by atoms with E-state index in [1.165, 1.54) is 11.8 Å². The third-order valence-electron chi connectivity index (χ3n) is 2.43. The molecule has 0 aliphatic rings. The van der Waals surface area contributed by atoms with E-state index in [9.17, 15) is 19.3 Å². The fourth-order valence-electron chi connectivity index (χ4n) is 1.37. The highest BCUT2D eigenvalue weighted by atomic mass is 32.2. The van der Waals surface area contributed by atoms with Gasteiger partial charge in [0.1, 0.15) is 5.82 Å². The number of hydrogen-bond donors (Lipinski definition) is 1. The van der Waals surface area contributed by atoms with E-state index in [0.717, 1.165) is 12.5 Å². The highest BCUT2D eigenvalue weighted by Gasteiger charge is 2.21. The molecule has 0 bridgehead atoms. The van der Waals surface area contributed by atoms with E-state index in [-0.39, 0.29) is 4.90 Å². The van der Waals surface area contributed by atoms with Gasteiger partial charge in [0.15, 0.2) is 0 Å². The van der Waals surface area contributed by atoms with Gasteiger partial charge in [-0.3, -0.25) is 10.1 Å². The lowest BCUT2D eigenvalue weighted by Gasteiger charge is -2.07. The number of nitrogens with zero attached hydrogens (tertiary/aromatic N) is 1. The molecule has 0 aromatic heterocycles. The van der Waals surface area contributed by atoms with E-state index in [0.29, 0.717) is 17.7 Å². The van der Waals surface area contributed by atoms with Gasteiger partial charge in [-0.05, 0) is 24.2 Å². The Balaban J connectivity index is 3.07. The maximum Gasteiger partial charge on any atom is 0.338 e. The van der Waals surface area contributed by atoms with Gasteiger partial charge in [-0.25, -0.2) is 9.18 Å². The number of aromatic carboxylic acids is 1. The molecular weight excluding hydrogens is 273 g/mol. The molecular formula is C12H14FNO4S. The van der Waals surface area contributed by atoms with Gasteiger partial charge in [0.25, 0.3) is 5.69 Å². The number of carbonyl (C=O) groups is 1. The van der Waals surface area contributed by atoms with Gasteiger partial charge >= 0.3 is 5.97 Å². The van der Waals surface area contributed by atoms with Crippen LogP contribution in [-0.2, 0) is 0 Å². The fourth-order valence-corrected chi connectivity index (χ4v) is 2.66. The lowest BCUT2D eigenvalue weighted by molar-refractivity contribution is -0.387. The maximum absolute atomic E-state index is 13.4. The molecule has 0 aliphatic carbocycles. The summed E-state index contributed by atoms with van der Waals surface area (Å²) in [6.07, 6.45) is 0.835. The fraction of sp³-hybridized carbons (Fsp3) is 0.417. The Kier molecular flexibility index (Phi) is 5.29. The highest BCUT2D eigenvalue weighted by molar-refractivity contribution is 7.99. The van der Waals surface area contributed by atoms with Crippen LogP contribution < -0.4 is 0 Å². The Morgan fingerprint density at radius 3 is 2.63 bits per heavy atom. The van der Waals surface area contributed by atoms with Crippen molar-refractivity contribution in [2.45, 2.75) is 25.2 Å². The highest BCUT2D eigenvalue weighted by Crippen LogP contribution is 2.32. The Bertz CT molecular complexity index is 505. The van der Waals surface area contributed by atoms with Crippen LogP contribution in [0.2, 0.25) is 0 Å². The predicted molar refractivity (Wildman–Crippen MR) is 70.2 cm³/mol. The molecule has 1 rings (SSSR count). The summed E-state index contributed by atoms with van der Waals surface area (Å²) in [4.78, 5) is 21.1. The molecule has 0 saturated heterocycles. The Morgan fingerprint density at radius 1 is 1.53 bits per heavy atom. The first-order valence-electron chi connectivity index (χ1n) is 5.67. The molecule has 19 heavy (non-hydrogen) atoms. The molecule has 7 heteroatoms. The summed E-state index contributed by atoms with van der Waals surface area (Å²) in [5, 5.41) is 19.6. The number of hydrogen-bond acceptors (Lipinski definition) is 4. The summed E-state index contributed by atoms with van der Waals surface area (Å²) in [5.41, 5.74) is -0.936. The lowest BCUT2D eigenvalue weighted by Crippen LogP contribution is -2.03. The number of rotatable bonds is 6. The summed E-state index contributed by atoms with van der Waals surface area (Å²) in [6, 6.07) is 1.70. The second-order valence-electron chi connectivity index (χ2n) is 4.39. The van der Waals surface area contributed by atoms with Crippen molar-refractivity contribution in [1.29, 1.82) is 0 Å². The number of benzene rings is 1. The molecule has 0 amide bonds. The molecule has 1 aromatic rings. The SMILES string of the molecule is CC(C)CCSc1cc(C(=O)O)c(F)cc1[N+](=O)[O-]. The van der Waals surface area contributed by atoms with Gasteiger partial charge < -0.3 is 5.11 Å². The van der Waals surface area contributed by atoms with Crippen LogP contribution in [0.15, 0.2) is 17.0 Å². The third kappa shape index (κ3) is 4.20. The first kappa shape index (κ1) is 15.4. The normalized spacial score (nSPS) is 10.7. The Labute approximate surface area is 114 Å². The van der Waals surface area contributed by atoms with Crippen LogP contribution in [0, 0.1) is 21.8 Å². The van der Waals surface area contributed by atoms with Crippen LogP contribution in [0.1, 0.15) is 30.6 Å². The number of halogens is 1. The zero-order chi connectivity index (χ0) is 14.6. The quantitative estimate of drug-likeness (QED) is 0.491. The molecule has 0 aliphatic heterocycles. The number of nitro benzene ring substituents is 1. The van der Waals surface area contributed by atoms with Crippen molar-refractivity contribution in [1.82, 2.24) is 0 Å². The average Bonchev–Trinajstić information content (AvgIpc) is 2.29. The van der Waals surface area contributed by atoms with Crippen molar-refractivity contribution < 1.29 is 19.2 Å². The molecule has 1 N–H and O–H groups in total. The Morgan fingerprint density at radius 2 is 2.16 bits per heavy atom. The van der Waals surface area contributed by atoms with Gasteiger partial charge in [0, 0.05) is 0 Å². The molecule has 0 radical (unpaired) electrons. The van der Waals surface area contributed by atoms with Gasteiger partial charge in [-0.15, -0.1) is 11.8 Å². The van der Waals surface area contributed by atoms with E-state index in [1.54, 1.807) is 0 Å². The van der Waals surface area contributed by atoms with Crippen LogP contribution >= 0.6 is 11.8 Å². The van der Waals surface area contributed by atoms with E-state index in [2.05, 4.69) is 0 Å². The number of thioether (sulfide) groups is 1. The zero-order valence-corrected chi connectivity index (χ0v) is 11.4. The molecule has 0 spiro atoms. The van der Waals surface area contributed by atoms with Crippen molar-refractivity contribution in [2.24, 2.45) is 5.92 Å². The van der Waals surface area contributed by atoms with Gasteiger partial charge in [0.05, 0.1) is 21.4 Å². The zero-order valence-electron chi connectivity index (χ0n) is 10.6. The lowest BCUT2D eigenvalue weighted by atomic mass is 10.2.